The van der Waals surface area contributed by atoms with Crippen LogP contribution in [0.25, 0.3) is 0 Å². The molecule has 158 valence electrons. The zero-order valence-corrected chi connectivity index (χ0v) is 17.1. The second-order valence-corrected chi connectivity index (χ2v) is 7.48. The summed E-state index contributed by atoms with van der Waals surface area (Å²) in [6, 6.07) is 13.8. The van der Waals surface area contributed by atoms with Gasteiger partial charge in [-0.3, -0.25) is 19.3 Å². The maximum absolute atomic E-state index is 13.7. The topological polar surface area (TPSA) is 84.0 Å². The summed E-state index contributed by atoms with van der Waals surface area (Å²) in [7, 11) is 1.27. The molecule has 0 aromatic heterocycles. The summed E-state index contributed by atoms with van der Waals surface area (Å²) in [5, 5.41) is 0. The Bertz CT molecular complexity index is 1030. The van der Waals surface area contributed by atoms with E-state index in [9.17, 15) is 19.2 Å². The van der Waals surface area contributed by atoms with Crippen LogP contribution in [0.1, 0.15) is 39.1 Å². The minimum absolute atomic E-state index is 0.142. The van der Waals surface area contributed by atoms with Gasteiger partial charge < -0.3 is 9.64 Å². The summed E-state index contributed by atoms with van der Waals surface area (Å²) in [6.45, 7) is 0. The molecule has 2 atom stereocenters. The third kappa shape index (κ3) is 3.74. The fourth-order valence-electron chi connectivity index (χ4n) is 4.07. The Morgan fingerprint density at radius 1 is 1.00 bits per heavy atom. The summed E-state index contributed by atoms with van der Waals surface area (Å²) in [5.41, 5.74) is 1.35. The Morgan fingerprint density at radius 3 is 2.23 bits per heavy atom. The van der Waals surface area contributed by atoms with Gasteiger partial charge in [-0.2, -0.15) is 0 Å². The van der Waals surface area contributed by atoms with Gasteiger partial charge >= 0.3 is 5.97 Å². The van der Waals surface area contributed by atoms with Crippen LogP contribution in [0, 0.1) is 0 Å². The van der Waals surface area contributed by atoms with Gasteiger partial charge in [-0.25, -0.2) is 4.79 Å². The lowest BCUT2D eigenvalue weighted by atomic mass is 10.00. The van der Waals surface area contributed by atoms with Crippen molar-refractivity contribution < 1.29 is 23.9 Å². The number of carbonyl (C=O) groups excluding carboxylic acids is 4. The van der Waals surface area contributed by atoms with Crippen molar-refractivity contribution >= 4 is 23.7 Å². The molecule has 2 aromatic rings. The average molecular weight is 418 g/mol. The molecule has 2 aliphatic rings. The summed E-state index contributed by atoms with van der Waals surface area (Å²) in [6.07, 6.45) is 4.52. The lowest BCUT2D eigenvalue weighted by molar-refractivity contribution is -0.152. The minimum Gasteiger partial charge on any atom is -0.467 e. The van der Waals surface area contributed by atoms with Gasteiger partial charge in [0.25, 0.3) is 17.7 Å². The molecule has 7 heteroatoms. The highest BCUT2D eigenvalue weighted by molar-refractivity contribution is 6.23. The van der Waals surface area contributed by atoms with Crippen LogP contribution >= 0.6 is 0 Å². The van der Waals surface area contributed by atoms with Crippen molar-refractivity contribution in [3.8, 4) is 0 Å². The summed E-state index contributed by atoms with van der Waals surface area (Å²) < 4.78 is 4.87. The van der Waals surface area contributed by atoms with Crippen molar-refractivity contribution in [2.45, 2.75) is 31.3 Å². The molecule has 0 saturated heterocycles. The maximum Gasteiger partial charge on any atom is 0.328 e. The van der Waals surface area contributed by atoms with Gasteiger partial charge in [-0.15, -0.1) is 0 Å². The monoisotopic (exact) mass is 418 g/mol. The smallest absolute Gasteiger partial charge is 0.328 e. The highest BCUT2D eigenvalue weighted by Gasteiger charge is 2.45. The number of methoxy groups -OCH3 is 1. The molecule has 31 heavy (non-hydrogen) atoms. The Kier molecular flexibility index (Phi) is 5.66. The fraction of sp³-hybridized carbons (Fsp3) is 0.250. The third-order valence-electron chi connectivity index (χ3n) is 5.63. The number of imide groups is 1. The zero-order chi connectivity index (χ0) is 22.0. The van der Waals surface area contributed by atoms with Crippen molar-refractivity contribution in [2.24, 2.45) is 0 Å². The molecule has 0 spiro atoms. The van der Waals surface area contributed by atoms with E-state index in [0.29, 0.717) is 12.8 Å². The van der Waals surface area contributed by atoms with Crippen LogP contribution in [-0.2, 0) is 20.7 Å². The number of rotatable bonds is 5. The van der Waals surface area contributed by atoms with Crippen LogP contribution in [0.3, 0.4) is 0 Å². The van der Waals surface area contributed by atoms with E-state index in [1.807, 2.05) is 30.3 Å². The van der Waals surface area contributed by atoms with E-state index in [4.69, 9.17) is 4.74 Å². The molecule has 0 fully saturated rings. The van der Waals surface area contributed by atoms with Gasteiger partial charge in [0.15, 0.2) is 0 Å². The van der Waals surface area contributed by atoms with Crippen LogP contribution in [0.5, 0.6) is 0 Å². The Hall–Kier alpha value is -3.74. The first-order valence-corrected chi connectivity index (χ1v) is 10.1. The molecule has 4 rings (SSSR count). The molecule has 0 saturated carbocycles. The van der Waals surface area contributed by atoms with Gasteiger partial charge in [0.05, 0.1) is 18.2 Å². The quantitative estimate of drug-likeness (QED) is 0.551. The Labute approximate surface area is 179 Å². The maximum atomic E-state index is 13.7. The number of fused-ring (bicyclic) bond motifs is 1. The molecule has 0 aliphatic carbocycles. The number of amides is 3. The van der Waals surface area contributed by atoms with Gasteiger partial charge in [0.1, 0.15) is 12.1 Å². The normalized spacial score (nSPS) is 18.7. The first-order valence-electron chi connectivity index (χ1n) is 10.1. The van der Waals surface area contributed by atoms with Crippen molar-refractivity contribution in [1.29, 1.82) is 0 Å². The summed E-state index contributed by atoms with van der Waals surface area (Å²) in [5.74, 6) is -2.04. The summed E-state index contributed by atoms with van der Waals surface area (Å²) in [4.78, 5) is 54.5. The summed E-state index contributed by atoms with van der Waals surface area (Å²) >= 11 is 0. The molecule has 2 heterocycles. The van der Waals surface area contributed by atoms with Gasteiger partial charge in [-0.05, 0) is 30.5 Å². The van der Waals surface area contributed by atoms with Crippen molar-refractivity contribution in [3.63, 3.8) is 0 Å². The number of nitrogens with zero attached hydrogens (tertiary/aromatic N) is 2. The van der Waals surface area contributed by atoms with E-state index < -0.39 is 35.8 Å². The molecule has 7 nitrogen and oxygen atoms in total. The van der Waals surface area contributed by atoms with Crippen LogP contribution in [-0.4, -0.2) is 52.7 Å². The van der Waals surface area contributed by atoms with E-state index in [1.54, 1.807) is 36.5 Å². The number of esters is 1. The van der Waals surface area contributed by atoms with E-state index in [0.717, 1.165) is 10.5 Å². The second-order valence-electron chi connectivity index (χ2n) is 7.48. The average Bonchev–Trinajstić information content (AvgIpc) is 3.07. The molecule has 2 aliphatic heterocycles. The number of ether oxygens (including phenoxy) is 1. The highest BCUT2D eigenvalue weighted by atomic mass is 16.5. The number of carbonyl (C=O) groups is 4. The number of hydrogen-bond acceptors (Lipinski definition) is 5. The van der Waals surface area contributed by atoms with Gasteiger partial charge in [0, 0.05) is 12.6 Å². The van der Waals surface area contributed by atoms with Crippen LogP contribution in [0.4, 0.5) is 0 Å². The molecular formula is C24H22N2O5. The van der Waals surface area contributed by atoms with Gasteiger partial charge in [-0.1, -0.05) is 48.5 Å². The lowest BCUT2D eigenvalue weighted by Crippen LogP contribution is -2.55. The minimum atomic E-state index is -1.09. The van der Waals surface area contributed by atoms with Crippen molar-refractivity contribution in [2.75, 3.05) is 7.11 Å². The molecule has 2 aromatic carbocycles. The fourth-order valence-corrected chi connectivity index (χ4v) is 4.07. The van der Waals surface area contributed by atoms with E-state index >= 15 is 0 Å². The van der Waals surface area contributed by atoms with Crippen LogP contribution < -0.4 is 0 Å². The van der Waals surface area contributed by atoms with Crippen LogP contribution in [0.2, 0.25) is 0 Å². The van der Waals surface area contributed by atoms with E-state index in [-0.39, 0.29) is 17.5 Å². The predicted octanol–water partition coefficient (Wildman–Crippen LogP) is 2.57. The predicted molar refractivity (Wildman–Crippen MR) is 112 cm³/mol. The highest BCUT2D eigenvalue weighted by Crippen LogP contribution is 2.28. The van der Waals surface area contributed by atoms with E-state index in [2.05, 4.69) is 0 Å². The SMILES string of the molecule is COC(=O)C1CCC=CN1C(=O)C(Cc1ccccc1)N1C(=O)c2ccccc2C1=O. The molecule has 0 bridgehead atoms. The molecular weight excluding hydrogens is 396 g/mol. The zero-order valence-electron chi connectivity index (χ0n) is 17.1. The Morgan fingerprint density at radius 2 is 1.61 bits per heavy atom. The van der Waals surface area contributed by atoms with Crippen molar-refractivity contribution in [3.05, 3.63) is 83.6 Å². The number of hydrogen-bond donors (Lipinski definition) is 0. The largest absolute Gasteiger partial charge is 0.467 e. The van der Waals surface area contributed by atoms with Crippen molar-refractivity contribution in [1.82, 2.24) is 9.80 Å². The molecule has 0 radical (unpaired) electrons. The number of allylic oxidation sites excluding steroid dienone is 1. The first kappa shape index (κ1) is 20.5. The standard InChI is InChI=1S/C24H22N2O5/c1-31-24(30)19-13-7-8-14-25(19)23(29)20(15-16-9-3-2-4-10-16)26-21(27)17-11-5-6-12-18(17)22(26)28/h2-6,8-12,14,19-20H,7,13,15H2,1H3. The molecule has 0 N–H and O–H groups in total. The first-order chi connectivity index (χ1) is 15.0. The van der Waals surface area contributed by atoms with Crippen LogP contribution in [0.15, 0.2) is 66.9 Å². The Balaban J connectivity index is 1.73. The molecule has 3 amide bonds. The third-order valence-corrected chi connectivity index (χ3v) is 5.63. The number of benzene rings is 2. The van der Waals surface area contributed by atoms with Gasteiger partial charge in [0.2, 0.25) is 0 Å². The second kappa shape index (κ2) is 8.55. The lowest BCUT2D eigenvalue weighted by Gasteiger charge is -2.35. The molecule has 2 unspecified atom stereocenters. The van der Waals surface area contributed by atoms with E-state index in [1.165, 1.54) is 12.0 Å².